The van der Waals surface area contributed by atoms with E-state index in [9.17, 15) is 0 Å². The fraction of sp³-hybridized carbons (Fsp3) is 0.0714. The van der Waals surface area contributed by atoms with Gasteiger partial charge in [-0.3, -0.25) is 5.10 Å². The number of allylic oxidation sites excluding steroid dienone is 1. The normalized spacial score (nSPS) is 11.6. The van der Waals surface area contributed by atoms with Crippen LogP contribution in [-0.2, 0) is 6.54 Å². The largest absolute Gasteiger partial charge is 0.250 e. The monoisotopic (exact) mass is 311 g/mol. The molecule has 0 fully saturated rings. The Kier molecular flexibility index (Phi) is 4.30. The molecule has 0 saturated carbocycles. The van der Waals surface area contributed by atoms with Crippen molar-refractivity contribution < 1.29 is 0 Å². The van der Waals surface area contributed by atoms with Crippen LogP contribution < -0.4 is 0 Å². The molecule has 2 heterocycles. The molecular formula is C14H13N7S. The smallest absolute Gasteiger partial charge is 0.216 e. The molecule has 0 aliphatic carbocycles. The molecule has 1 aromatic carbocycles. The number of benzene rings is 1. The molecule has 2 aromatic heterocycles. The third kappa shape index (κ3) is 3.61. The van der Waals surface area contributed by atoms with Gasteiger partial charge in [0.25, 0.3) is 0 Å². The quantitative estimate of drug-likeness (QED) is 0.578. The van der Waals surface area contributed by atoms with E-state index < -0.39 is 0 Å². The molecule has 0 unspecified atom stereocenters. The van der Waals surface area contributed by atoms with Crippen LogP contribution in [0.2, 0.25) is 0 Å². The van der Waals surface area contributed by atoms with Crippen molar-refractivity contribution in [2.75, 3.05) is 0 Å². The van der Waals surface area contributed by atoms with Crippen LogP contribution in [-0.4, -0.2) is 36.1 Å². The lowest BCUT2D eigenvalue weighted by atomic mass is 10.2. The molecular weight excluding hydrogens is 298 g/mol. The molecule has 22 heavy (non-hydrogen) atoms. The number of rotatable bonds is 5. The summed E-state index contributed by atoms with van der Waals surface area (Å²) in [5.41, 5.74) is 1.94. The highest BCUT2D eigenvalue weighted by atomic mass is 32.1. The molecule has 110 valence electrons. The predicted molar refractivity (Wildman–Crippen MR) is 85.9 cm³/mol. The second kappa shape index (κ2) is 6.72. The summed E-state index contributed by atoms with van der Waals surface area (Å²) < 4.78 is 3.70. The molecule has 0 bridgehead atoms. The Hall–Kier alpha value is -2.87. The molecule has 0 spiro atoms. The standard InChI is InChI=1S/C14H13N7S/c22-14-18-15-11-21(14)16-8-4-7-13-10-20(19-17-13)9-12-5-2-1-3-6-12/h1-8,10-11H,9H2,(H,18,22)/b7-4+,16-8-. The van der Waals surface area contributed by atoms with Crippen LogP contribution in [0.5, 0.6) is 0 Å². The second-order valence-corrected chi connectivity index (χ2v) is 4.84. The lowest BCUT2D eigenvalue weighted by Gasteiger charge is -1.98. The number of nitrogens with one attached hydrogen (secondary N) is 1. The fourth-order valence-corrected chi connectivity index (χ4v) is 1.96. The van der Waals surface area contributed by atoms with Crippen molar-refractivity contribution in [3.63, 3.8) is 0 Å². The minimum Gasteiger partial charge on any atom is -0.250 e. The molecule has 0 atom stereocenters. The van der Waals surface area contributed by atoms with E-state index in [-0.39, 0.29) is 0 Å². The molecule has 0 aliphatic rings. The van der Waals surface area contributed by atoms with Crippen molar-refractivity contribution in [3.05, 3.63) is 65.0 Å². The van der Waals surface area contributed by atoms with Crippen molar-refractivity contribution in [1.82, 2.24) is 29.9 Å². The molecule has 8 heteroatoms. The molecule has 0 amide bonds. The SMILES string of the molecule is S=c1[nH]ncn1/N=C\C=C\c1cn(Cc2ccccc2)nn1. The van der Waals surface area contributed by atoms with E-state index >= 15 is 0 Å². The van der Waals surface area contributed by atoms with Gasteiger partial charge in [0, 0.05) is 6.21 Å². The van der Waals surface area contributed by atoms with Gasteiger partial charge < -0.3 is 0 Å². The van der Waals surface area contributed by atoms with Gasteiger partial charge in [0.1, 0.15) is 12.0 Å². The summed E-state index contributed by atoms with van der Waals surface area (Å²) in [6.07, 6.45) is 8.58. The molecule has 1 N–H and O–H groups in total. The number of hydrogen-bond acceptors (Lipinski definition) is 5. The molecule has 3 rings (SSSR count). The lowest BCUT2D eigenvalue weighted by Crippen LogP contribution is -1.99. The first-order valence-electron chi connectivity index (χ1n) is 6.58. The van der Waals surface area contributed by atoms with Gasteiger partial charge in [0.15, 0.2) is 0 Å². The molecule has 0 radical (unpaired) electrons. The Morgan fingerprint density at radius 1 is 1.27 bits per heavy atom. The van der Waals surface area contributed by atoms with Gasteiger partial charge in [-0.1, -0.05) is 35.5 Å². The second-order valence-electron chi connectivity index (χ2n) is 4.46. The molecule has 7 nitrogen and oxygen atoms in total. The average molecular weight is 311 g/mol. The zero-order valence-corrected chi connectivity index (χ0v) is 12.4. The molecule has 0 aliphatic heterocycles. The maximum absolute atomic E-state index is 4.98. The highest BCUT2D eigenvalue weighted by Crippen LogP contribution is 2.02. The maximum Gasteiger partial charge on any atom is 0.216 e. The Morgan fingerprint density at radius 2 is 2.14 bits per heavy atom. The number of H-pyrrole nitrogens is 1. The highest BCUT2D eigenvalue weighted by Gasteiger charge is 1.98. The van der Waals surface area contributed by atoms with E-state index in [1.54, 1.807) is 17.0 Å². The van der Waals surface area contributed by atoms with Crippen LogP contribution in [0.1, 0.15) is 11.3 Å². The van der Waals surface area contributed by atoms with E-state index in [0.29, 0.717) is 11.3 Å². The summed E-state index contributed by atoms with van der Waals surface area (Å²) in [7, 11) is 0. The van der Waals surface area contributed by atoms with E-state index in [1.807, 2.05) is 30.5 Å². The summed E-state index contributed by atoms with van der Waals surface area (Å²) in [6.45, 7) is 0.694. The van der Waals surface area contributed by atoms with Crippen molar-refractivity contribution in [1.29, 1.82) is 0 Å². The number of aromatic nitrogens is 6. The lowest BCUT2D eigenvalue weighted by molar-refractivity contribution is 0.649. The van der Waals surface area contributed by atoms with E-state index in [2.05, 4.69) is 37.7 Å². The molecule has 0 saturated heterocycles. The van der Waals surface area contributed by atoms with Crippen LogP contribution in [0.15, 0.2) is 54.0 Å². The van der Waals surface area contributed by atoms with Gasteiger partial charge in [-0.05, 0) is 29.9 Å². The zero-order valence-electron chi connectivity index (χ0n) is 11.6. The predicted octanol–water partition coefficient (Wildman–Crippen LogP) is 2.13. The van der Waals surface area contributed by atoms with Crippen molar-refractivity contribution >= 4 is 24.5 Å². The fourth-order valence-electron chi connectivity index (χ4n) is 1.81. The van der Waals surface area contributed by atoms with Gasteiger partial charge in [0.2, 0.25) is 4.77 Å². The maximum atomic E-state index is 4.98. The zero-order chi connectivity index (χ0) is 15.2. The topological polar surface area (TPSA) is 76.7 Å². The molecule has 3 aromatic rings. The third-order valence-corrected chi connectivity index (χ3v) is 3.10. The Morgan fingerprint density at radius 3 is 2.91 bits per heavy atom. The Bertz CT molecular complexity index is 841. The van der Waals surface area contributed by atoms with Crippen LogP contribution in [0.3, 0.4) is 0 Å². The summed E-state index contributed by atoms with van der Waals surface area (Å²) in [4.78, 5) is 0. The number of hydrogen-bond donors (Lipinski definition) is 1. The Balaban J connectivity index is 1.62. The van der Waals surface area contributed by atoms with Crippen molar-refractivity contribution in [2.24, 2.45) is 5.10 Å². The van der Waals surface area contributed by atoms with Crippen molar-refractivity contribution in [2.45, 2.75) is 6.54 Å². The minimum atomic E-state index is 0.443. The Labute approximate surface area is 131 Å². The van der Waals surface area contributed by atoms with Crippen LogP contribution in [0.25, 0.3) is 6.08 Å². The first-order chi connectivity index (χ1) is 10.8. The highest BCUT2D eigenvalue weighted by molar-refractivity contribution is 7.71. The first-order valence-corrected chi connectivity index (χ1v) is 6.99. The van der Waals surface area contributed by atoms with Gasteiger partial charge >= 0.3 is 0 Å². The summed E-state index contributed by atoms with van der Waals surface area (Å²) in [5.74, 6) is 0. The summed E-state index contributed by atoms with van der Waals surface area (Å²) in [6, 6.07) is 10.1. The van der Waals surface area contributed by atoms with Gasteiger partial charge in [0.05, 0.1) is 12.7 Å². The van der Waals surface area contributed by atoms with E-state index in [4.69, 9.17) is 12.2 Å². The number of aromatic amines is 1. The summed E-state index contributed by atoms with van der Waals surface area (Å²) in [5, 5.41) is 18.7. The van der Waals surface area contributed by atoms with E-state index in [1.165, 1.54) is 16.6 Å². The van der Waals surface area contributed by atoms with Gasteiger partial charge in [-0.15, -0.1) is 5.10 Å². The van der Waals surface area contributed by atoms with Gasteiger partial charge in [-0.25, -0.2) is 4.68 Å². The van der Waals surface area contributed by atoms with Crippen LogP contribution >= 0.6 is 12.2 Å². The minimum absolute atomic E-state index is 0.443. The third-order valence-electron chi connectivity index (χ3n) is 2.82. The van der Waals surface area contributed by atoms with Crippen molar-refractivity contribution in [3.8, 4) is 0 Å². The number of nitrogens with zero attached hydrogens (tertiary/aromatic N) is 6. The summed E-state index contributed by atoms with van der Waals surface area (Å²) >= 11 is 4.98. The van der Waals surface area contributed by atoms with E-state index in [0.717, 1.165) is 5.69 Å². The first kappa shape index (κ1) is 14.1. The van der Waals surface area contributed by atoms with Crippen LogP contribution in [0.4, 0.5) is 0 Å². The average Bonchev–Trinajstić information content (AvgIpc) is 3.14. The van der Waals surface area contributed by atoms with Gasteiger partial charge in [-0.2, -0.15) is 14.9 Å². The van der Waals surface area contributed by atoms with Crippen LogP contribution in [0, 0.1) is 4.77 Å².